The maximum atomic E-state index is 10.0. The molecule has 3 nitrogen and oxygen atoms in total. The first-order valence-corrected chi connectivity index (χ1v) is 3.04. The first kappa shape index (κ1) is 6.33. The van der Waals surface area contributed by atoms with Crippen molar-refractivity contribution in [3.8, 4) is 0 Å². The van der Waals surface area contributed by atoms with Gasteiger partial charge in [-0.25, -0.2) is 4.79 Å². The molecule has 1 atom stereocenters. The van der Waals surface area contributed by atoms with E-state index in [1.165, 1.54) is 0 Å². The van der Waals surface area contributed by atoms with Crippen LogP contribution in [0.1, 0.15) is 6.92 Å². The van der Waals surface area contributed by atoms with Crippen molar-refractivity contribution < 1.29 is 4.79 Å². The molecule has 1 fully saturated rings. The standard InChI is InChI=1S/C6H10N2O/c1-5-2-8-6(4-9)3-7-5/h5,7-8H,2-3H2,1H3/t5-/m1/s1. The van der Waals surface area contributed by atoms with E-state index in [1.54, 1.807) is 0 Å². The molecule has 9 heavy (non-hydrogen) atoms. The summed E-state index contributed by atoms with van der Waals surface area (Å²) in [6, 6.07) is 0.460. The molecule has 0 radical (unpaired) electrons. The zero-order valence-corrected chi connectivity index (χ0v) is 5.40. The molecule has 1 saturated heterocycles. The van der Waals surface area contributed by atoms with Crippen LogP contribution in [0.5, 0.6) is 0 Å². The summed E-state index contributed by atoms with van der Waals surface area (Å²) in [5.41, 5.74) is 0.633. The van der Waals surface area contributed by atoms with E-state index in [0.29, 0.717) is 18.3 Å². The molecule has 0 bridgehead atoms. The fourth-order valence-corrected chi connectivity index (χ4v) is 0.759. The number of hydrogen-bond acceptors (Lipinski definition) is 3. The maximum Gasteiger partial charge on any atom is 0.146 e. The van der Waals surface area contributed by atoms with E-state index in [0.717, 1.165) is 6.54 Å². The molecule has 1 aliphatic rings. The van der Waals surface area contributed by atoms with Crippen molar-refractivity contribution in [1.29, 1.82) is 0 Å². The highest BCUT2D eigenvalue weighted by molar-refractivity contribution is 5.52. The van der Waals surface area contributed by atoms with Gasteiger partial charge in [0.15, 0.2) is 0 Å². The summed E-state index contributed by atoms with van der Waals surface area (Å²) in [6.45, 7) is 3.52. The Kier molecular flexibility index (Phi) is 1.88. The third-order valence-corrected chi connectivity index (χ3v) is 1.37. The Balaban J connectivity index is 2.44. The van der Waals surface area contributed by atoms with Gasteiger partial charge < -0.3 is 10.6 Å². The second-order valence-corrected chi connectivity index (χ2v) is 2.24. The largest absolute Gasteiger partial charge is 0.377 e. The van der Waals surface area contributed by atoms with E-state index < -0.39 is 0 Å². The summed E-state index contributed by atoms with van der Waals surface area (Å²) < 4.78 is 0. The van der Waals surface area contributed by atoms with Gasteiger partial charge in [-0.2, -0.15) is 0 Å². The normalized spacial score (nSPS) is 26.8. The van der Waals surface area contributed by atoms with Crippen molar-refractivity contribution in [2.24, 2.45) is 0 Å². The van der Waals surface area contributed by atoms with Crippen molar-refractivity contribution in [3.05, 3.63) is 5.70 Å². The van der Waals surface area contributed by atoms with Crippen molar-refractivity contribution in [2.75, 3.05) is 13.1 Å². The quantitative estimate of drug-likeness (QED) is 0.421. The fraction of sp³-hybridized carbons (Fsp3) is 0.667. The highest BCUT2D eigenvalue weighted by Gasteiger charge is 2.09. The number of nitrogens with one attached hydrogen (secondary N) is 2. The molecule has 0 aromatic carbocycles. The Labute approximate surface area is 54.1 Å². The molecule has 0 amide bonds. The van der Waals surface area contributed by atoms with Gasteiger partial charge in [0, 0.05) is 19.1 Å². The summed E-state index contributed by atoms with van der Waals surface area (Å²) in [6.07, 6.45) is 0. The number of hydrogen-bond donors (Lipinski definition) is 2. The number of piperazine rings is 1. The Morgan fingerprint density at radius 3 is 3.00 bits per heavy atom. The molecule has 0 aliphatic carbocycles. The Hall–Kier alpha value is -0.790. The minimum absolute atomic E-state index is 0.460. The summed E-state index contributed by atoms with van der Waals surface area (Å²) in [7, 11) is 0. The van der Waals surface area contributed by atoms with Gasteiger partial charge in [-0.1, -0.05) is 0 Å². The van der Waals surface area contributed by atoms with Gasteiger partial charge in [-0.15, -0.1) is 0 Å². The lowest BCUT2D eigenvalue weighted by atomic mass is 10.2. The van der Waals surface area contributed by atoms with Crippen LogP contribution >= 0.6 is 0 Å². The van der Waals surface area contributed by atoms with E-state index >= 15 is 0 Å². The highest BCUT2D eigenvalue weighted by Crippen LogP contribution is 1.90. The van der Waals surface area contributed by atoms with Gasteiger partial charge in [0.2, 0.25) is 0 Å². The second-order valence-electron chi connectivity index (χ2n) is 2.24. The maximum absolute atomic E-state index is 10.0. The molecule has 1 aliphatic heterocycles. The van der Waals surface area contributed by atoms with Crippen molar-refractivity contribution in [3.63, 3.8) is 0 Å². The topological polar surface area (TPSA) is 41.1 Å². The minimum Gasteiger partial charge on any atom is -0.377 e. The Morgan fingerprint density at radius 1 is 1.78 bits per heavy atom. The molecule has 0 saturated carbocycles. The molecule has 1 heterocycles. The highest BCUT2D eigenvalue weighted by atomic mass is 16.1. The van der Waals surface area contributed by atoms with Crippen LogP contribution in [0.25, 0.3) is 0 Å². The summed E-state index contributed by atoms with van der Waals surface area (Å²) in [5, 5.41) is 6.07. The Morgan fingerprint density at radius 2 is 2.56 bits per heavy atom. The fourth-order valence-electron chi connectivity index (χ4n) is 0.759. The zero-order chi connectivity index (χ0) is 6.69. The summed E-state index contributed by atoms with van der Waals surface area (Å²) in [4.78, 5) is 10.0. The van der Waals surface area contributed by atoms with E-state index in [9.17, 15) is 4.79 Å². The van der Waals surface area contributed by atoms with Crippen LogP contribution in [0.4, 0.5) is 0 Å². The average molecular weight is 126 g/mol. The molecule has 50 valence electrons. The lowest BCUT2D eigenvalue weighted by Gasteiger charge is -2.21. The lowest BCUT2D eigenvalue weighted by molar-refractivity contribution is 0.484. The van der Waals surface area contributed by atoms with Crippen molar-refractivity contribution >= 4 is 5.94 Å². The molecule has 0 aromatic heterocycles. The van der Waals surface area contributed by atoms with Gasteiger partial charge in [-0.3, -0.25) is 0 Å². The van der Waals surface area contributed by atoms with E-state index in [1.807, 2.05) is 5.94 Å². The predicted molar refractivity (Wildman–Crippen MR) is 34.7 cm³/mol. The molecule has 1 rings (SSSR count). The first-order chi connectivity index (χ1) is 4.33. The van der Waals surface area contributed by atoms with Gasteiger partial charge in [0.05, 0.1) is 0 Å². The van der Waals surface area contributed by atoms with Crippen LogP contribution in [0.2, 0.25) is 0 Å². The second kappa shape index (κ2) is 2.67. The van der Waals surface area contributed by atoms with Crippen LogP contribution in [-0.4, -0.2) is 25.1 Å². The summed E-state index contributed by atoms with van der Waals surface area (Å²) >= 11 is 0. The van der Waals surface area contributed by atoms with E-state index in [-0.39, 0.29) is 0 Å². The number of rotatable bonds is 0. The summed E-state index contributed by atoms with van der Waals surface area (Å²) in [5.74, 6) is 1.82. The van der Waals surface area contributed by atoms with Crippen LogP contribution < -0.4 is 10.6 Å². The predicted octanol–water partition coefficient (Wildman–Crippen LogP) is -0.717. The monoisotopic (exact) mass is 126 g/mol. The minimum atomic E-state index is 0.460. The molecular weight excluding hydrogens is 116 g/mol. The average Bonchev–Trinajstić information content (AvgIpc) is 1.90. The van der Waals surface area contributed by atoms with Crippen LogP contribution in [0, 0.1) is 0 Å². The molecule has 3 heteroatoms. The Bertz CT molecular complexity index is 139. The third kappa shape index (κ3) is 1.56. The molecular formula is C6H10N2O. The van der Waals surface area contributed by atoms with E-state index in [2.05, 4.69) is 17.6 Å². The molecule has 2 N–H and O–H groups in total. The molecule has 0 unspecified atom stereocenters. The van der Waals surface area contributed by atoms with Gasteiger partial charge >= 0.3 is 0 Å². The van der Waals surface area contributed by atoms with Gasteiger partial charge in [0.1, 0.15) is 11.6 Å². The van der Waals surface area contributed by atoms with Gasteiger partial charge in [-0.05, 0) is 6.92 Å². The zero-order valence-electron chi connectivity index (χ0n) is 5.40. The van der Waals surface area contributed by atoms with Crippen LogP contribution in [-0.2, 0) is 4.79 Å². The van der Waals surface area contributed by atoms with E-state index in [4.69, 9.17) is 0 Å². The lowest BCUT2D eigenvalue weighted by Crippen LogP contribution is -2.45. The number of carbonyl (C=O) groups excluding carboxylic acids is 1. The van der Waals surface area contributed by atoms with Crippen molar-refractivity contribution in [1.82, 2.24) is 10.6 Å². The van der Waals surface area contributed by atoms with Crippen LogP contribution in [0.3, 0.4) is 0 Å². The van der Waals surface area contributed by atoms with Gasteiger partial charge in [0.25, 0.3) is 0 Å². The SMILES string of the molecule is C[C@@H]1CNC(=C=O)CN1. The third-order valence-electron chi connectivity index (χ3n) is 1.37. The molecule has 0 aromatic rings. The molecule has 0 spiro atoms. The first-order valence-electron chi connectivity index (χ1n) is 3.04. The smallest absolute Gasteiger partial charge is 0.146 e. The van der Waals surface area contributed by atoms with Crippen LogP contribution in [0.15, 0.2) is 5.70 Å². The van der Waals surface area contributed by atoms with Crippen molar-refractivity contribution in [2.45, 2.75) is 13.0 Å².